The molecule has 0 radical (unpaired) electrons. The van der Waals surface area contributed by atoms with Crippen LogP contribution in [-0.4, -0.2) is 63.2 Å². The summed E-state index contributed by atoms with van der Waals surface area (Å²) < 4.78 is 16.2. The second-order valence-electron chi connectivity index (χ2n) is 6.65. The van der Waals surface area contributed by atoms with Crippen LogP contribution in [0.15, 0.2) is 42.5 Å². The molecule has 0 aromatic heterocycles. The van der Waals surface area contributed by atoms with Gasteiger partial charge in [-0.15, -0.1) is 0 Å². The number of esters is 1. The molecule has 144 valence electrons. The van der Waals surface area contributed by atoms with Gasteiger partial charge in [-0.3, -0.25) is 4.90 Å². The minimum absolute atomic E-state index is 0.415. The highest BCUT2D eigenvalue weighted by Gasteiger charge is 2.18. The van der Waals surface area contributed by atoms with E-state index in [1.807, 2.05) is 24.3 Å². The van der Waals surface area contributed by atoms with Gasteiger partial charge in [-0.2, -0.15) is 0 Å². The zero-order valence-corrected chi connectivity index (χ0v) is 16.1. The normalized spacial score (nSPS) is 15.4. The zero-order valence-electron chi connectivity index (χ0n) is 16.1. The van der Waals surface area contributed by atoms with E-state index in [1.165, 1.54) is 7.11 Å². The van der Waals surface area contributed by atoms with E-state index in [-0.39, 0.29) is 0 Å². The minimum atomic E-state index is -0.415. The van der Waals surface area contributed by atoms with Crippen molar-refractivity contribution in [2.45, 2.75) is 6.54 Å². The largest absolute Gasteiger partial charge is 0.493 e. The van der Waals surface area contributed by atoms with E-state index < -0.39 is 5.97 Å². The summed E-state index contributed by atoms with van der Waals surface area (Å²) in [6, 6.07) is 12.7. The summed E-state index contributed by atoms with van der Waals surface area (Å²) in [6.07, 6.45) is 0. The minimum Gasteiger partial charge on any atom is -0.493 e. The molecule has 0 amide bonds. The topological polar surface area (TPSA) is 51.2 Å². The van der Waals surface area contributed by atoms with E-state index in [1.54, 1.807) is 25.3 Å². The number of ether oxygens (including phenoxy) is 3. The van der Waals surface area contributed by atoms with Crippen molar-refractivity contribution in [3.8, 4) is 17.2 Å². The van der Waals surface area contributed by atoms with Gasteiger partial charge in [0.25, 0.3) is 0 Å². The van der Waals surface area contributed by atoms with Crippen LogP contribution in [0.3, 0.4) is 0 Å². The third-order valence-corrected chi connectivity index (χ3v) is 4.78. The Labute approximate surface area is 160 Å². The van der Waals surface area contributed by atoms with Crippen LogP contribution >= 0.6 is 0 Å². The van der Waals surface area contributed by atoms with Crippen LogP contribution < -0.4 is 14.2 Å². The molecule has 3 rings (SSSR count). The highest BCUT2D eigenvalue weighted by molar-refractivity contribution is 5.92. The molecule has 27 heavy (non-hydrogen) atoms. The molecule has 0 N–H and O–H groups in total. The molecule has 1 heterocycles. The lowest BCUT2D eigenvalue weighted by Crippen LogP contribution is -2.43. The number of rotatable bonds is 6. The molecule has 1 fully saturated rings. The lowest BCUT2D eigenvalue weighted by Gasteiger charge is -2.32. The molecule has 1 aliphatic heterocycles. The van der Waals surface area contributed by atoms with E-state index in [4.69, 9.17) is 14.2 Å². The van der Waals surface area contributed by atoms with Crippen molar-refractivity contribution in [2.75, 3.05) is 47.4 Å². The number of benzene rings is 2. The molecule has 1 saturated heterocycles. The Morgan fingerprint density at radius 3 is 2.33 bits per heavy atom. The maximum Gasteiger partial charge on any atom is 0.343 e. The lowest BCUT2D eigenvalue weighted by atomic mass is 10.1. The monoisotopic (exact) mass is 370 g/mol. The maximum atomic E-state index is 12.6. The zero-order chi connectivity index (χ0) is 19.2. The molecule has 0 bridgehead atoms. The van der Waals surface area contributed by atoms with Gasteiger partial charge in [-0.1, -0.05) is 18.2 Å². The molecule has 0 spiro atoms. The first-order chi connectivity index (χ1) is 13.1. The third-order valence-electron chi connectivity index (χ3n) is 4.78. The molecule has 0 saturated carbocycles. The van der Waals surface area contributed by atoms with Crippen LogP contribution in [0.25, 0.3) is 0 Å². The van der Waals surface area contributed by atoms with Gasteiger partial charge in [0.2, 0.25) is 0 Å². The summed E-state index contributed by atoms with van der Waals surface area (Å²) in [5.41, 5.74) is 1.43. The molecule has 6 nitrogen and oxygen atoms in total. The van der Waals surface area contributed by atoms with Crippen LogP contribution in [0.2, 0.25) is 0 Å². The van der Waals surface area contributed by atoms with E-state index in [2.05, 4.69) is 16.8 Å². The summed E-state index contributed by atoms with van der Waals surface area (Å²) in [4.78, 5) is 17.3. The number of hydrogen-bond acceptors (Lipinski definition) is 6. The lowest BCUT2D eigenvalue weighted by molar-refractivity contribution is 0.0729. The molecular weight excluding hydrogens is 344 g/mol. The standard InChI is InChI=1S/C21H26N2O4/c1-22-10-12-23(13-11-22)15-17-6-4-5-7-18(17)27-21(24)16-8-9-19(25-2)20(14-16)26-3/h4-9,14H,10-13,15H2,1-3H3. The van der Waals surface area contributed by atoms with Gasteiger partial charge >= 0.3 is 5.97 Å². The van der Waals surface area contributed by atoms with E-state index in [9.17, 15) is 4.79 Å². The predicted octanol–water partition coefficient (Wildman–Crippen LogP) is 2.67. The number of para-hydroxylation sites is 1. The predicted molar refractivity (Wildman–Crippen MR) is 104 cm³/mol. The quantitative estimate of drug-likeness (QED) is 0.576. The molecule has 0 unspecified atom stereocenters. The second-order valence-corrected chi connectivity index (χ2v) is 6.65. The molecular formula is C21H26N2O4. The van der Waals surface area contributed by atoms with Crippen LogP contribution in [0.1, 0.15) is 15.9 Å². The van der Waals surface area contributed by atoms with Gasteiger partial charge in [0.1, 0.15) is 5.75 Å². The second kappa shape index (κ2) is 8.88. The average molecular weight is 370 g/mol. The number of nitrogens with zero attached hydrogens (tertiary/aromatic N) is 2. The summed E-state index contributed by atoms with van der Waals surface area (Å²) in [5.74, 6) is 1.25. The van der Waals surface area contributed by atoms with Crippen LogP contribution in [0.4, 0.5) is 0 Å². The fraction of sp³-hybridized carbons (Fsp3) is 0.381. The number of likely N-dealkylation sites (N-methyl/N-ethyl adjacent to an activating group) is 1. The molecule has 2 aromatic rings. The Balaban J connectivity index is 1.73. The van der Waals surface area contributed by atoms with Gasteiger partial charge in [-0.05, 0) is 31.3 Å². The first-order valence-corrected chi connectivity index (χ1v) is 9.03. The smallest absolute Gasteiger partial charge is 0.343 e. The van der Waals surface area contributed by atoms with E-state index in [0.717, 1.165) is 38.3 Å². The Kier molecular flexibility index (Phi) is 6.32. The SMILES string of the molecule is COc1ccc(C(=O)Oc2ccccc2CN2CCN(C)CC2)cc1OC. The van der Waals surface area contributed by atoms with E-state index >= 15 is 0 Å². The Hall–Kier alpha value is -2.57. The highest BCUT2D eigenvalue weighted by Crippen LogP contribution is 2.28. The average Bonchev–Trinajstić information content (AvgIpc) is 2.70. The van der Waals surface area contributed by atoms with Gasteiger partial charge in [-0.25, -0.2) is 4.79 Å². The summed E-state index contributed by atoms with van der Waals surface area (Å²) in [5, 5.41) is 0. The fourth-order valence-corrected chi connectivity index (χ4v) is 3.10. The third kappa shape index (κ3) is 4.78. The summed E-state index contributed by atoms with van der Waals surface area (Å²) >= 11 is 0. The van der Waals surface area contributed by atoms with Crippen molar-refractivity contribution in [3.63, 3.8) is 0 Å². The fourth-order valence-electron chi connectivity index (χ4n) is 3.10. The van der Waals surface area contributed by atoms with Crippen molar-refractivity contribution in [3.05, 3.63) is 53.6 Å². The van der Waals surface area contributed by atoms with E-state index in [0.29, 0.717) is 22.8 Å². The highest BCUT2D eigenvalue weighted by atomic mass is 16.5. The Morgan fingerprint density at radius 2 is 1.63 bits per heavy atom. The molecule has 2 aromatic carbocycles. The number of carbonyl (C=O) groups is 1. The van der Waals surface area contributed by atoms with Crippen molar-refractivity contribution in [1.82, 2.24) is 9.80 Å². The molecule has 1 aliphatic rings. The van der Waals surface area contributed by atoms with Gasteiger partial charge in [0.15, 0.2) is 11.5 Å². The number of methoxy groups -OCH3 is 2. The van der Waals surface area contributed by atoms with Crippen molar-refractivity contribution in [1.29, 1.82) is 0 Å². The number of piperazine rings is 1. The van der Waals surface area contributed by atoms with Crippen molar-refractivity contribution < 1.29 is 19.0 Å². The Morgan fingerprint density at radius 1 is 0.926 bits per heavy atom. The Bertz CT molecular complexity index is 786. The van der Waals surface area contributed by atoms with Crippen LogP contribution in [0, 0.1) is 0 Å². The molecule has 6 heteroatoms. The first-order valence-electron chi connectivity index (χ1n) is 9.03. The number of hydrogen-bond donors (Lipinski definition) is 0. The van der Waals surface area contributed by atoms with Crippen molar-refractivity contribution >= 4 is 5.97 Å². The summed E-state index contributed by atoms with van der Waals surface area (Å²) in [6.45, 7) is 4.88. The van der Waals surface area contributed by atoms with Crippen LogP contribution in [-0.2, 0) is 6.54 Å². The van der Waals surface area contributed by atoms with Crippen LogP contribution in [0.5, 0.6) is 17.2 Å². The van der Waals surface area contributed by atoms with Gasteiger partial charge in [0.05, 0.1) is 19.8 Å². The molecule has 0 atom stereocenters. The van der Waals surface area contributed by atoms with Gasteiger partial charge in [0, 0.05) is 38.3 Å². The maximum absolute atomic E-state index is 12.6. The number of carbonyl (C=O) groups excluding carboxylic acids is 1. The van der Waals surface area contributed by atoms with Crippen molar-refractivity contribution in [2.24, 2.45) is 0 Å². The van der Waals surface area contributed by atoms with Gasteiger partial charge < -0.3 is 19.1 Å². The summed E-state index contributed by atoms with van der Waals surface area (Å²) in [7, 11) is 5.24. The molecule has 0 aliphatic carbocycles. The first kappa shape index (κ1) is 19.2.